The maximum Gasteiger partial charge on any atom is 0.260 e. The minimum atomic E-state index is -0.363. The number of amides is 1. The van der Waals surface area contributed by atoms with Gasteiger partial charge in [-0.3, -0.25) is 4.79 Å². The molecule has 0 unspecified atom stereocenters. The number of anilines is 1. The fourth-order valence-electron chi connectivity index (χ4n) is 2.22. The first-order chi connectivity index (χ1) is 11.7. The number of rotatable bonds is 5. The van der Waals surface area contributed by atoms with Crippen LogP contribution in [0.2, 0.25) is 0 Å². The van der Waals surface area contributed by atoms with Crippen molar-refractivity contribution in [1.29, 1.82) is 0 Å². The second kappa shape index (κ2) is 6.82. The van der Waals surface area contributed by atoms with Gasteiger partial charge in [-0.1, -0.05) is 12.1 Å². The lowest BCUT2D eigenvalue weighted by Gasteiger charge is -2.08. The van der Waals surface area contributed by atoms with Crippen LogP contribution in [0.3, 0.4) is 0 Å². The van der Waals surface area contributed by atoms with Crippen molar-refractivity contribution in [2.75, 3.05) is 19.5 Å². The van der Waals surface area contributed by atoms with Crippen LogP contribution in [0.25, 0.3) is 11.3 Å². The number of aromatic nitrogens is 2. The summed E-state index contributed by atoms with van der Waals surface area (Å²) in [7, 11) is 3.10. The number of nitrogens with one attached hydrogen (secondary N) is 1. The molecule has 0 saturated heterocycles. The van der Waals surface area contributed by atoms with Crippen LogP contribution < -0.4 is 14.8 Å². The van der Waals surface area contributed by atoms with Crippen LogP contribution >= 0.6 is 0 Å². The molecule has 0 spiro atoms. The van der Waals surface area contributed by atoms with Crippen molar-refractivity contribution in [3.8, 4) is 22.8 Å². The second-order valence-corrected chi connectivity index (χ2v) is 4.84. The Hall–Kier alpha value is -3.35. The van der Waals surface area contributed by atoms with Crippen LogP contribution in [0.15, 0.2) is 53.2 Å². The molecule has 3 aromatic rings. The van der Waals surface area contributed by atoms with Gasteiger partial charge in [0.05, 0.1) is 19.8 Å². The van der Waals surface area contributed by atoms with E-state index in [0.29, 0.717) is 17.0 Å². The molecule has 3 rings (SSSR count). The van der Waals surface area contributed by atoms with Gasteiger partial charge in [0, 0.05) is 5.56 Å². The zero-order valence-electron chi connectivity index (χ0n) is 13.1. The Morgan fingerprint density at radius 3 is 2.46 bits per heavy atom. The van der Waals surface area contributed by atoms with Crippen molar-refractivity contribution in [2.24, 2.45) is 0 Å². The Balaban J connectivity index is 1.86. The average Bonchev–Trinajstić information content (AvgIpc) is 3.09. The van der Waals surface area contributed by atoms with Crippen molar-refractivity contribution in [3.63, 3.8) is 0 Å². The Morgan fingerprint density at radius 1 is 1.00 bits per heavy atom. The van der Waals surface area contributed by atoms with Gasteiger partial charge < -0.3 is 14.8 Å². The van der Waals surface area contributed by atoms with Gasteiger partial charge >= 0.3 is 0 Å². The summed E-state index contributed by atoms with van der Waals surface area (Å²) >= 11 is 0. The highest BCUT2D eigenvalue weighted by molar-refractivity contribution is 6.07. The van der Waals surface area contributed by atoms with Crippen LogP contribution in [0.4, 0.5) is 5.82 Å². The summed E-state index contributed by atoms with van der Waals surface area (Å²) in [5, 5.41) is 10.3. The quantitative estimate of drug-likeness (QED) is 0.776. The molecule has 0 aliphatic rings. The molecular formula is C17H15N3O4. The Bertz CT molecular complexity index is 843. The number of methoxy groups -OCH3 is 2. The number of ether oxygens (including phenoxy) is 2. The van der Waals surface area contributed by atoms with Crippen molar-refractivity contribution >= 4 is 11.7 Å². The number of hydrogen-bond acceptors (Lipinski definition) is 6. The molecule has 0 fully saturated rings. The topological polar surface area (TPSA) is 86.5 Å². The largest absolute Gasteiger partial charge is 0.497 e. The molecule has 0 aliphatic heterocycles. The highest BCUT2D eigenvalue weighted by Gasteiger charge is 2.18. The molecule has 2 aromatic carbocycles. The van der Waals surface area contributed by atoms with Gasteiger partial charge in [-0.25, -0.2) is 4.63 Å². The van der Waals surface area contributed by atoms with Gasteiger partial charge in [-0.2, -0.15) is 0 Å². The smallest absolute Gasteiger partial charge is 0.260 e. The molecule has 1 amide bonds. The van der Waals surface area contributed by atoms with Gasteiger partial charge in [0.2, 0.25) is 5.82 Å². The summed E-state index contributed by atoms with van der Waals surface area (Å²) in [6.45, 7) is 0. The SMILES string of the molecule is COc1ccc(-c2nonc2NC(=O)c2ccccc2OC)cc1. The Morgan fingerprint density at radius 2 is 1.75 bits per heavy atom. The number of carbonyl (C=O) groups is 1. The van der Waals surface area contributed by atoms with Crippen LogP contribution in [0.1, 0.15) is 10.4 Å². The summed E-state index contributed by atoms with van der Waals surface area (Å²) < 4.78 is 15.1. The van der Waals surface area contributed by atoms with Gasteiger partial charge in [0.25, 0.3) is 5.91 Å². The molecule has 0 radical (unpaired) electrons. The van der Waals surface area contributed by atoms with E-state index in [2.05, 4.69) is 15.6 Å². The van der Waals surface area contributed by atoms with Crippen LogP contribution in [-0.4, -0.2) is 30.4 Å². The molecule has 0 atom stereocenters. The molecule has 7 nitrogen and oxygen atoms in total. The maximum atomic E-state index is 12.5. The molecule has 0 aliphatic carbocycles. The predicted molar refractivity (Wildman–Crippen MR) is 87.2 cm³/mol. The standard InChI is InChI=1S/C17H15N3O4/c1-22-12-9-7-11(8-10-12)15-16(20-24-19-15)18-17(21)13-5-3-4-6-14(13)23-2/h3-10H,1-2H3,(H,18,20,21). The second-order valence-electron chi connectivity index (χ2n) is 4.84. The van der Waals surface area contributed by atoms with E-state index >= 15 is 0 Å². The van der Waals surface area contributed by atoms with Crippen molar-refractivity contribution in [3.05, 3.63) is 54.1 Å². The highest BCUT2D eigenvalue weighted by atomic mass is 16.6. The fourth-order valence-corrected chi connectivity index (χ4v) is 2.22. The normalized spacial score (nSPS) is 10.2. The van der Waals surface area contributed by atoms with Gasteiger partial charge in [-0.15, -0.1) is 0 Å². The zero-order valence-corrected chi connectivity index (χ0v) is 13.1. The van der Waals surface area contributed by atoms with E-state index in [1.54, 1.807) is 55.6 Å². The van der Waals surface area contributed by atoms with Crippen LogP contribution in [0, 0.1) is 0 Å². The number of hydrogen-bond donors (Lipinski definition) is 1. The minimum Gasteiger partial charge on any atom is -0.497 e. The Kier molecular flexibility index (Phi) is 4.42. The van der Waals surface area contributed by atoms with Gasteiger partial charge in [0.15, 0.2) is 5.69 Å². The summed E-state index contributed by atoms with van der Waals surface area (Å²) in [5.74, 6) is 1.06. The molecule has 7 heteroatoms. The van der Waals surface area contributed by atoms with E-state index < -0.39 is 0 Å². The number of carbonyl (C=O) groups excluding carboxylic acids is 1. The average molecular weight is 325 g/mol. The third-order valence-electron chi connectivity index (χ3n) is 3.44. The van der Waals surface area contributed by atoms with Crippen LogP contribution in [-0.2, 0) is 0 Å². The lowest BCUT2D eigenvalue weighted by atomic mass is 10.1. The molecule has 24 heavy (non-hydrogen) atoms. The third-order valence-corrected chi connectivity index (χ3v) is 3.44. The highest BCUT2D eigenvalue weighted by Crippen LogP contribution is 2.27. The van der Waals surface area contributed by atoms with E-state index in [9.17, 15) is 4.79 Å². The molecule has 1 heterocycles. The molecule has 0 bridgehead atoms. The lowest BCUT2D eigenvalue weighted by molar-refractivity contribution is 0.102. The first-order valence-corrected chi connectivity index (χ1v) is 7.14. The third kappa shape index (κ3) is 3.05. The van der Waals surface area contributed by atoms with E-state index in [-0.39, 0.29) is 11.7 Å². The molecule has 0 saturated carbocycles. The zero-order chi connectivity index (χ0) is 16.9. The maximum absolute atomic E-state index is 12.5. The monoisotopic (exact) mass is 325 g/mol. The number of para-hydroxylation sites is 1. The summed E-state index contributed by atoms with van der Waals surface area (Å²) in [6.07, 6.45) is 0. The first-order valence-electron chi connectivity index (χ1n) is 7.14. The number of nitrogens with zero attached hydrogens (tertiary/aromatic N) is 2. The first kappa shape index (κ1) is 15.5. The van der Waals surface area contributed by atoms with E-state index in [0.717, 1.165) is 11.3 Å². The molecule has 1 aromatic heterocycles. The van der Waals surface area contributed by atoms with Crippen molar-refractivity contribution in [2.45, 2.75) is 0 Å². The fraction of sp³-hybridized carbons (Fsp3) is 0.118. The summed E-state index contributed by atoms with van der Waals surface area (Å²) in [6, 6.07) is 14.1. The summed E-state index contributed by atoms with van der Waals surface area (Å²) in [5.41, 5.74) is 1.57. The Labute approximate surface area is 138 Å². The van der Waals surface area contributed by atoms with Crippen molar-refractivity contribution < 1.29 is 18.9 Å². The van der Waals surface area contributed by atoms with Gasteiger partial charge in [-0.05, 0) is 46.7 Å². The minimum absolute atomic E-state index is 0.232. The number of benzene rings is 2. The van der Waals surface area contributed by atoms with Crippen LogP contribution in [0.5, 0.6) is 11.5 Å². The molecule has 1 N–H and O–H groups in total. The van der Waals surface area contributed by atoms with E-state index in [1.165, 1.54) is 7.11 Å². The molecular weight excluding hydrogens is 310 g/mol. The van der Waals surface area contributed by atoms with E-state index in [1.807, 2.05) is 0 Å². The molecule has 122 valence electrons. The van der Waals surface area contributed by atoms with Gasteiger partial charge in [0.1, 0.15) is 11.5 Å². The van der Waals surface area contributed by atoms with E-state index in [4.69, 9.17) is 14.1 Å². The lowest BCUT2D eigenvalue weighted by Crippen LogP contribution is -2.14. The summed E-state index contributed by atoms with van der Waals surface area (Å²) in [4.78, 5) is 12.5. The van der Waals surface area contributed by atoms with Crippen molar-refractivity contribution in [1.82, 2.24) is 10.3 Å². The predicted octanol–water partition coefficient (Wildman–Crippen LogP) is 3.01.